The average molecular weight is 372 g/mol. The Balaban J connectivity index is 1.82. The van der Waals surface area contributed by atoms with Gasteiger partial charge in [0.2, 0.25) is 0 Å². The second-order valence-electron chi connectivity index (χ2n) is 6.16. The van der Waals surface area contributed by atoms with E-state index in [1.165, 1.54) is 35.8 Å². The van der Waals surface area contributed by atoms with Crippen LogP contribution >= 0.6 is 11.6 Å². The number of carbonyl (C=O) groups is 1. The Kier molecular flexibility index (Phi) is 4.68. The third-order valence-corrected chi connectivity index (χ3v) is 4.37. The van der Waals surface area contributed by atoms with E-state index in [2.05, 4.69) is 5.32 Å². The molecule has 2 aromatic carbocycles. The number of aliphatic hydroxyl groups is 1. The number of rotatable bonds is 4. The molecule has 26 heavy (non-hydrogen) atoms. The predicted octanol–water partition coefficient (Wildman–Crippen LogP) is 3.70. The van der Waals surface area contributed by atoms with E-state index >= 15 is 0 Å². The Hall–Kier alpha value is -2.88. The Morgan fingerprint density at radius 3 is 2.85 bits per heavy atom. The smallest absolute Gasteiger partial charge is 0.257 e. The van der Waals surface area contributed by atoms with Crippen molar-refractivity contribution in [3.8, 4) is 6.07 Å². The van der Waals surface area contributed by atoms with E-state index in [0.717, 1.165) is 0 Å². The largest absolute Gasteiger partial charge is 0.378 e. The fraction of sp³-hybridized carbons (Fsp3) is 0.158. The second kappa shape index (κ2) is 6.79. The summed E-state index contributed by atoms with van der Waals surface area (Å²) in [6.45, 7) is 1.22. The van der Waals surface area contributed by atoms with Gasteiger partial charge in [0.25, 0.3) is 5.91 Å². The van der Waals surface area contributed by atoms with Crippen molar-refractivity contribution in [1.29, 1.82) is 5.26 Å². The van der Waals surface area contributed by atoms with Crippen LogP contribution < -0.4 is 5.32 Å². The molecular weight excluding hydrogens is 357 g/mol. The maximum Gasteiger partial charge on any atom is 0.257 e. The number of anilines is 1. The summed E-state index contributed by atoms with van der Waals surface area (Å²) in [5, 5.41) is 22.9. The van der Waals surface area contributed by atoms with Gasteiger partial charge < -0.3 is 15.0 Å². The van der Waals surface area contributed by atoms with Crippen molar-refractivity contribution >= 4 is 34.1 Å². The third-order valence-electron chi connectivity index (χ3n) is 4.05. The van der Waals surface area contributed by atoms with E-state index in [4.69, 9.17) is 16.9 Å². The van der Waals surface area contributed by atoms with Crippen LogP contribution in [0.3, 0.4) is 0 Å². The molecule has 0 aliphatic rings. The molecule has 1 heterocycles. The highest BCUT2D eigenvalue weighted by Gasteiger charge is 2.31. The van der Waals surface area contributed by atoms with Crippen LogP contribution in [0.1, 0.15) is 12.5 Å². The van der Waals surface area contributed by atoms with Crippen molar-refractivity contribution in [3.05, 3.63) is 65.1 Å². The third kappa shape index (κ3) is 3.40. The Bertz CT molecular complexity index is 1040. The van der Waals surface area contributed by atoms with Crippen LogP contribution in [-0.2, 0) is 11.3 Å². The highest BCUT2D eigenvalue weighted by atomic mass is 35.5. The molecule has 0 bridgehead atoms. The predicted molar refractivity (Wildman–Crippen MR) is 97.3 cm³/mol. The molecule has 7 heteroatoms. The molecule has 0 radical (unpaired) electrons. The number of nitriles is 1. The van der Waals surface area contributed by atoms with Gasteiger partial charge in [-0.05, 0) is 37.3 Å². The number of aromatic nitrogens is 1. The summed E-state index contributed by atoms with van der Waals surface area (Å²) in [5.74, 6) is -1.10. The topological polar surface area (TPSA) is 78.1 Å². The first-order valence-electron chi connectivity index (χ1n) is 7.78. The van der Waals surface area contributed by atoms with Crippen molar-refractivity contribution in [1.82, 2.24) is 4.57 Å². The number of nitrogens with zero attached hydrogens (tertiary/aromatic N) is 2. The van der Waals surface area contributed by atoms with Gasteiger partial charge in [-0.1, -0.05) is 23.7 Å². The molecule has 132 valence electrons. The molecule has 5 nitrogen and oxygen atoms in total. The van der Waals surface area contributed by atoms with Crippen molar-refractivity contribution in [2.24, 2.45) is 0 Å². The molecule has 3 aromatic rings. The molecule has 1 atom stereocenters. The van der Waals surface area contributed by atoms with Crippen LogP contribution in [0.2, 0.25) is 5.02 Å². The summed E-state index contributed by atoms with van der Waals surface area (Å²) in [7, 11) is 0. The molecule has 1 aromatic heterocycles. The van der Waals surface area contributed by atoms with Gasteiger partial charge in [0, 0.05) is 17.3 Å². The van der Waals surface area contributed by atoms with Crippen LogP contribution in [0.15, 0.2) is 48.7 Å². The quantitative estimate of drug-likeness (QED) is 0.734. The molecule has 0 unspecified atom stereocenters. The van der Waals surface area contributed by atoms with Gasteiger partial charge in [-0.3, -0.25) is 4.79 Å². The number of hydrogen-bond acceptors (Lipinski definition) is 3. The van der Waals surface area contributed by atoms with Crippen LogP contribution in [0.4, 0.5) is 10.1 Å². The second-order valence-corrected chi connectivity index (χ2v) is 6.56. The first kappa shape index (κ1) is 17.9. The molecule has 3 rings (SSSR count). The van der Waals surface area contributed by atoms with Gasteiger partial charge in [0.15, 0.2) is 5.60 Å². The first-order valence-corrected chi connectivity index (χ1v) is 8.16. The minimum Gasteiger partial charge on any atom is -0.378 e. The van der Waals surface area contributed by atoms with Gasteiger partial charge in [0.05, 0.1) is 22.6 Å². The van der Waals surface area contributed by atoms with Crippen molar-refractivity contribution in [3.63, 3.8) is 0 Å². The van der Waals surface area contributed by atoms with E-state index in [1.54, 1.807) is 24.4 Å². The number of carbonyl (C=O) groups excluding carboxylic acids is 1. The molecule has 0 aliphatic heterocycles. The van der Waals surface area contributed by atoms with E-state index < -0.39 is 17.3 Å². The zero-order valence-corrected chi connectivity index (χ0v) is 14.6. The lowest BCUT2D eigenvalue weighted by Gasteiger charge is -2.23. The minimum atomic E-state index is -1.80. The van der Waals surface area contributed by atoms with Crippen LogP contribution in [0.25, 0.3) is 10.9 Å². The summed E-state index contributed by atoms with van der Waals surface area (Å²) in [5.41, 5.74) is -0.843. The summed E-state index contributed by atoms with van der Waals surface area (Å²) in [4.78, 5) is 12.5. The molecule has 0 saturated carbocycles. The standard InChI is InChI=1S/C19H15ClFN3O2/c1-19(26,11-24-8-7-12-3-2-4-16(21)17(12)24)18(25)23-14-6-5-13(10-22)15(20)9-14/h2-9,26H,11H2,1H3,(H,23,25)/t19-/m0/s1. The van der Waals surface area contributed by atoms with Crippen molar-refractivity contribution < 1.29 is 14.3 Å². The zero-order valence-electron chi connectivity index (χ0n) is 13.8. The highest BCUT2D eigenvalue weighted by molar-refractivity contribution is 6.32. The molecule has 0 aliphatic carbocycles. The van der Waals surface area contributed by atoms with E-state index in [1.807, 2.05) is 6.07 Å². The Labute approximate surface area is 154 Å². The lowest BCUT2D eigenvalue weighted by Crippen LogP contribution is -2.43. The fourth-order valence-corrected chi connectivity index (χ4v) is 2.92. The molecule has 0 fully saturated rings. The van der Waals surface area contributed by atoms with E-state index in [0.29, 0.717) is 16.6 Å². The fourth-order valence-electron chi connectivity index (χ4n) is 2.70. The monoisotopic (exact) mass is 371 g/mol. The van der Waals surface area contributed by atoms with Gasteiger partial charge in [-0.15, -0.1) is 0 Å². The van der Waals surface area contributed by atoms with Crippen molar-refractivity contribution in [2.45, 2.75) is 19.1 Å². The van der Waals surface area contributed by atoms with E-state index in [-0.39, 0.29) is 17.1 Å². The molecule has 0 spiro atoms. The number of amides is 1. The highest BCUT2D eigenvalue weighted by Crippen LogP contribution is 2.24. The van der Waals surface area contributed by atoms with Gasteiger partial charge in [0.1, 0.15) is 11.9 Å². The average Bonchev–Trinajstić information content (AvgIpc) is 2.98. The van der Waals surface area contributed by atoms with Crippen molar-refractivity contribution in [2.75, 3.05) is 5.32 Å². The van der Waals surface area contributed by atoms with Crippen LogP contribution in [0.5, 0.6) is 0 Å². The summed E-state index contributed by atoms with van der Waals surface area (Å²) < 4.78 is 15.6. The van der Waals surface area contributed by atoms with Gasteiger partial charge in [-0.25, -0.2) is 4.39 Å². The van der Waals surface area contributed by atoms with Crippen LogP contribution in [0, 0.1) is 17.1 Å². The van der Waals surface area contributed by atoms with Crippen LogP contribution in [-0.4, -0.2) is 21.2 Å². The number of benzene rings is 2. The summed E-state index contributed by atoms with van der Waals surface area (Å²) in [6.07, 6.45) is 1.62. The lowest BCUT2D eigenvalue weighted by molar-refractivity contribution is -0.133. The molecule has 2 N–H and O–H groups in total. The number of fused-ring (bicyclic) bond motifs is 1. The minimum absolute atomic E-state index is 0.132. The molecule has 0 saturated heterocycles. The maximum absolute atomic E-state index is 14.1. The Morgan fingerprint density at radius 2 is 2.15 bits per heavy atom. The number of halogens is 2. The maximum atomic E-state index is 14.1. The SMILES string of the molecule is C[C@](O)(Cn1ccc2cccc(F)c21)C(=O)Nc1ccc(C#N)c(Cl)c1. The van der Waals surface area contributed by atoms with Gasteiger partial charge in [-0.2, -0.15) is 5.26 Å². The Morgan fingerprint density at radius 1 is 1.38 bits per heavy atom. The normalized spacial score (nSPS) is 13.2. The van der Waals surface area contributed by atoms with Gasteiger partial charge >= 0.3 is 0 Å². The van der Waals surface area contributed by atoms with E-state index in [9.17, 15) is 14.3 Å². The number of nitrogens with one attached hydrogen (secondary N) is 1. The summed E-state index contributed by atoms with van der Waals surface area (Å²) in [6, 6.07) is 12.7. The lowest BCUT2D eigenvalue weighted by atomic mass is 10.1. The molecule has 1 amide bonds. The molecular formula is C19H15ClFN3O2. The summed E-state index contributed by atoms with van der Waals surface area (Å²) >= 11 is 5.94. The number of hydrogen-bond donors (Lipinski definition) is 2. The zero-order chi connectivity index (χ0) is 18.9. The first-order chi connectivity index (χ1) is 12.3. The number of para-hydroxylation sites is 1.